The molecule has 1 aromatic carbocycles. The van der Waals surface area contributed by atoms with Gasteiger partial charge in [0.15, 0.2) is 0 Å². The molecule has 1 aromatic heterocycles. The molecule has 31 heavy (non-hydrogen) atoms. The van der Waals surface area contributed by atoms with Crippen LogP contribution in [0.2, 0.25) is 0 Å². The summed E-state index contributed by atoms with van der Waals surface area (Å²) in [7, 11) is -3.58. The number of benzene rings is 1. The lowest BCUT2D eigenvalue weighted by Gasteiger charge is -2.26. The van der Waals surface area contributed by atoms with Crippen LogP contribution in [-0.4, -0.2) is 43.3 Å². The van der Waals surface area contributed by atoms with Crippen LogP contribution in [0.25, 0.3) is 0 Å². The summed E-state index contributed by atoms with van der Waals surface area (Å²) in [6, 6.07) is 8.45. The number of hydrogen-bond acceptors (Lipinski definition) is 5. The molecule has 8 heteroatoms. The number of nitrogens with zero attached hydrogens (tertiary/aromatic N) is 2. The lowest BCUT2D eigenvalue weighted by Crippen LogP contribution is -2.35. The number of hydrogen-bond donors (Lipinski definition) is 1. The van der Waals surface area contributed by atoms with Crippen molar-refractivity contribution < 1.29 is 17.9 Å². The van der Waals surface area contributed by atoms with Crippen LogP contribution in [-0.2, 0) is 16.6 Å². The zero-order valence-corrected chi connectivity index (χ0v) is 18.7. The molecule has 2 aromatic rings. The average molecular weight is 444 g/mol. The highest BCUT2D eigenvalue weighted by atomic mass is 32.2. The minimum atomic E-state index is -3.58. The van der Waals surface area contributed by atoms with Crippen molar-refractivity contribution in [3.63, 3.8) is 0 Å². The van der Waals surface area contributed by atoms with E-state index in [4.69, 9.17) is 4.74 Å². The van der Waals surface area contributed by atoms with Crippen molar-refractivity contribution >= 4 is 15.9 Å². The van der Waals surface area contributed by atoms with Crippen molar-refractivity contribution in [2.24, 2.45) is 5.92 Å². The van der Waals surface area contributed by atoms with Gasteiger partial charge in [0.05, 0.1) is 11.5 Å². The Morgan fingerprint density at radius 3 is 2.61 bits per heavy atom. The Kier molecular flexibility index (Phi) is 6.57. The summed E-state index contributed by atoms with van der Waals surface area (Å²) < 4.78 is 33.1. The summed E-state index contributed by atoms with van der Waals surface area (Å²) in [5, 5.41) is 2.87. The number of pyridine rings is 1. The third-order valence-electron chi connectivity index (χ3n) is 5.82. The molecule has 1 aliphatic heterocycles. The second-order valence-corrected chi connectivity index (χ2v) is 10.3. The molecule has 7 nitrogen and oxygen atoms in total. The Hall–Kier alpha value is -2.45. The molecule has 0 spiro atoms. The van der Waals surface area contributed by atoms with E-state index in [2.05, 4.69) is 10.3 Å². The first-order chi connectivity index (χ1) is 14.9. The van der Waals surface area contributed by atoms with Crippen LogP contribution in [0.1, 0.15) is 53.6 Å². The van der Waals surface area contributed by atoms with E-state index in [1.54, 1.807) is 31.3 Å². The number of aryl methyl sites for hydroxylation is 1. The normalized spacial score (nSPS) is 17.3. The van der Waals surface area contributed by atoms with Crippen molar-refractivity contribution in [1.82, 2.24) is 14.6 Å². The maximum Gasteiger partial charge on any atom is 0.251 e. The van der Waals surface area contributed by atoms with Gasteiger partial charge >= 0.3 is 0 Å². The van der Waals surface area contributed by atoms with Gasteiger partial charge in [-0.15, -0.1) is 0 Å². The number of amides is 1. The van der Waals surface area contributed by atoms with Gasteiger partial charge in [0, 0.05) is 37.5 Å². The van der Waals surface area contributed by atoms with E-state index >= 15 is 0 Å². The minimum absolute atomic E-state index is 0.170. The van der Waals surface area contributed by atoms with E-state index in [9.17, 15) is 13.2 Å². The molecule has 1 saturated heterocycles. The number of carbonyl (C=O) groups is 1. The second-order valence-electron chi connectivity index (χ2n) is 8.38. The minimum Gasteiger partial charge on any atom is -0.477 e. The first-order valence-electron chi connectivity index (χ1n) is 10.9. The SMILES string of the molecule is Cc1ccc(S(=O)(=O)N2CCCCC2)cc1C(=O)NCc1ccc(OCC2CC2)nc1. The molecule has 2 heterocycles. The number of sulfonamides is 1. The summed E-state index contributed by atoms with van der Waals surface area (Å²) in [5.74, 6) is 0.953. The van der Waals surface area contributed by atoms with Gasteiger partial charge in [-0.1, -0.05) is 18.6 Å². The van der Waals surface area contributed by atoms with Crippen LogP contribution in [0.3, 0.4) is 0 Å². The van der Waals surface area contributed by atoms with Gasteiger partial charge in [-0.2, -0.15) is 4.31 Å². The zero-order chi connectivity index (χ0) is 21.8. The Balaban J connectivity index is 1.40. The molecule has 2 aliphatic rings. The molecule has 1 aliphatic carbocycles. The van der Waals surface area contributed by atoms with Gasteiger partial charge in [0.2, 0.25) is 15.9 Å². The molecule has 1 N–H and O–H groups in total. The molecular formula is C23H29N3O4S. The van der Waals surface area contributed by atoms with Crippen molar-refractivity contribution in [2.45, 2.75) is 50.5 Å². The Bertz CT molecular complexity index is 1030. The highest BCUT2D eigenvalue weighted by Crippen LogP contribution is 2.29. The highest BCUT2D eigenvalue weighted by Gasteiger charge is 2.27. The molecule has 2 fully saturated rings. The Morgan fingerprint density at radius 1 is 1.16 bits per heavy atom. The standard InChI is InChI=1S/C23H29N3O4S/c1-17-5-9-20(31(28,29)26-11-3-2-4-12-26)13-21(17)23(27)25-15-19-8-10-22(24-14-19)30-16-18-6-7-18/h5,8-10,13-14,18H,2-4,6-7,11-12,15-16H2,1H3,(H,25,27). The second kappa shape index (κ2) is 9.36. The monoisotopic (exact) mass is 443 g/mol. The molecule has 4 rings (SSSR count). The number of piperidine rings is 1. The number of rotatable bonds is 8. The maximum atomic E-state index is 13.0. The summed E-state index contributed by atoms with van der Waals surface area (Å²) >= 11 is 0. The summed E-state index contributed by atoms with van der Waals surface area (Å²) in [5.41, 5.74) is 1.95. The van der Waals surface area contributed by atoms with Crippen molar-refractivity contribution in [2.75, 3.05) is 19.7 Å². The summed E-state index contributed by atoms with van der Waals surface area (Å²) in [6.07, 6.45) is 6.94. The molecule has 1 amide bonds. The van der Waals surface area contributed by atoms with Gasteiger partial charge in [0.1, 0.15) is 0 Å². The third kappa shape index (κ3) is 5.43. The first-order valence-corrected chi connectivity index (χ1v) is 12.3. The van der Waals surface area contributed by atoms with Crippen LogP contribution in [0.4, 0.5) is 0 Å². The molecule has 0 unspecified atom stereocenters. The van der Waals surface area contributed by atoms with E-state index in [0.717, 1.165) is 30.4 Å². The fourth-order valence-electron chi connectivity index (χ4n) is 3.63. The number of aromatic nitrogens is 1. The third-order valence-corrected chi connectivity index (χ3v) is 7.72. The van der Waals surface area contributed by atoms with Gasteiger partial charge < -0.3 is 10.1 Å². The summed E-state index contributed by atoms with van der Waals surface area (Å²) in [6.45, 7) is 3.88. The number of carbonyl (C=O) groups excluding carboxylic acids is 1. The lowest BCUT2D eigenvalue weighted by atomic mass is 10.1. The van der Waals surface area contributed by atoms with Crippen LogP contribution in [0, 0.1) is 12.8 Å². The van der Waals surface area contributed by atoms with E-state index in [1.807, 2.05) is 6.07 Å². The predicted molar refractivity (Wildman–Crippen MR) is 117 cm³/mol. The molecule has 0 atom stereocenters. The van der Waals surface area contributed by atoms with Gasteiger partial charge in [-0.3, -0.25) is 4.79 Å². The van der Waals surface area contributed by atoms with Crippen molar-refractivity contribution in [1.29, 1.82) is 0 Å². The van der Waals surface area contributed by atoms with Crippen molar-refractivity contribution in [3.8, 4) is 5.88 Å². The quantitative estimate of drug-likeness (QED) is 0.676. The maximum absolute atomic E-state index is 13.0. The van der Waals surface area contributed by atoms with E-state index in [0.29, 0.717) is 43.6 Å². The van der Waals surface area contributed by atoms with E-state index < -0.39 is 10.0 Å². The molecule has 1 saturated carbocycles. The van der Waals surface area contributed by atoms with E-state index in [-0.39, 0.29) is 10.8 Å². The van der Waals surface area contributed by atoms with Crippen molar-refractivity contribution in [3.05, 3.63) is 53.2 Å². The zero-order valence-electron chi connectivity index (χ0n) is 17.8. The van der Waals surface area contributed by atoms with Gasteiger partial charge in [-0.25, -0.2) is 13.4 Å². The lowest BCUT2D eigenvalue weighted by molar-refractivity contribution is 0.0950. The average Bonchev–Trinajstić information content (AvgIpc) is 3.62. The number of ether oxygens (including phenoxy) is 1. The molecular weight excluding hydrogens is 414 g/mol. The van der Waals surface area contributed by atoms with Crippen LogP contribution < -0.4 is 10.1 Å². The fraction of sp³-hybridized carbons (Fsp3) is 0.478. The molecule has 166 valence electrons. The van der Waals surface area contributed by atoms with Crippen LogP contribution >= 0.6 is 0 Å². The Morgan fingerprint density at radius 2 is 1.94 bits per heavy atom. The predicted octanol–water partition coefficient (Wildman–Crippen LogP) is 3.28. The molecule has 0 bridgehead atoms. The van der Waals surface area contributed by atoms with Crippen LogP contribution in [0.5, 0.6) is 5.88 Å². The van der Waals surface area contributed by atoms with Gasteiger partial charge in [0.25, 0.3) is 5.91 Å². The first kappa shape index (κ1) is 21.8. The Labute approximate surface area is 183 Å². The largest absolute Gasteiger partial charge is 0.477 e. The highest BCUT2D eigenvalue weighted by molar-refractivity contribution is 7.89. The van der Waals surface area contributed by atoms with Gasteiger partial charge in [-0.05, 0) is 61.8 Å². The summed E-state index contributed by atoms with van der Waals surface area (Å²) in [4.78, 5) is 17.2. The topological polar surface area (TPSA) is 88.6 Å². The smallest absolute Gasteiger partial charge is 0.251 e. The molecule has 0 radical (unpaired) electrons. The van der Waals surface area contributed by atoms with E-state index in [1.165, 1.54) is 23.2 Å². The fourth-order valence-corrected chi connectivity index (χ4v) is 5.17. The number of nitrogens with one attached hydrogen (secondary N) is 1. The van der Waals surface area contributed by atoms with Crippen LogP contribution in [0.15, 0.2) is 41.4 Å².